The Morgan fingerprint density at radius 2 is 1.70 bits per heavy atom. The van der Waals surface area contributed by atoms with Gasteiger partial charge in [-0.15, -0.1) is 0 Å². The number of hydrogen-bond donors (Lipinski definition) is 2. The molecule has 5 nitrogen and oxygen atoms in total. The van der Waals surface area contributed by atoms with Crippen LogP contribution in [0.1, 0.15) is 0 Å². The zero-order chi connectivity index (χ0) is 14.3. The number of hydrogen-bond acceptors (Lipinski definition) is 3. The Morgan fingerprint density at radius 3 is 2.30 bits per heavy atom. The van der Waals surface area contributed by atoms with Crippen LogP contribution in [0.3, 0.4) is 0 Å². The van der Waals surface area contributed by atoms with Crippen LogP contribution in [0.2, 0.25) is 0 Å². The van der Waals surface area contributed by atoms with Crippen molar-refractivity contribution in [3.8, 4) is 0 Å². The van der Waals surface area contributed by atoms with Crippen LogP contribution in [0.5, 0.6) is 0 Å². The molecule has 1 saturated heterocycles. The van der Waals surface area contributed by atoms with Crippen molar-refractivity contribution < 1.29 is 19.4 Å². The summed E-state index contributed by atoms with van der Waals surface area (Å²) in [6, 6.07) is 7.34. The minimum atomic E-state index is -0.996. The highest BCUT2D eigenvalue weighted by molar-refractivity contribution is 14.1. The van der Waals surface area contributed by atoms with Crippen molar-refractivity contribution in [2.75, 3.05) is 5.32 Å². The molecule has 2 N–H and O–H groups in total. The lowest BCUT2D eigenvalue weighted by Crippen LogP contribution is -2.39. The molecule has 2 bridgehead atoms. The van der Waals surface area contributed by atoms with Crippen molar-refractivity contribution in [2.45, 2.75) is 12.2 Å². The van der Waals surface area contributed by atoms with Crippen LogP contribution in [-0.4, -0.2) is 29.2 Å². The fourth-order valence-corrected chi connectivity index (χ4v) is 3.03. The topological polar surface area (TPSA) is 75.6 Å². The van der Waals surface area contributed by atoms with E-state index >= 15 is 0 Å². The smallest absolute Gasteiger partial charge is 0.310 e. The number of amides is 1. The Hall–Kier alpha value is -1.41. The largest absolute Gasteiger partial charge is 0.481 e. The third-order valence-corrected chi connectivity index (χ3v) is 4.32. The van der Waals surface area contributed by atoms with Gasteiger partial charge in [-0.2, -0.15) is 0 Å². The zero-order valence-electron chi connectivity index (χ0n) is 10.3. The van der Waals surface area contributed by atoms with E-state index in [1.54, 1.807) is 24.3 Å². The first-order chi connectivity index (χ1) is 9.56. The number of halogens is 1. The Bertz CT molecular complexity index is 583. The minimum absolute atomic E-state index is 0.310. The molecule has 0 radical (unpaired) electrons. The summed E-state index contributed by atoms with van der Waals surface area (Å²) in [6.07, 6.45) is 2.55. The first kappa shape index (κ1) is 13.6. The molecule has 4 atom stereocenters. The van der Waals surface area contributed by atoms with Gasteiger partial charge in [-0.3, -0.25) is 9.59 Å². The molecule has 4 unspecified atom stereocenters. The predicted octanol–water partition coefficient (Wildman–Crippen LogP) is 1.88. The number of ether oxygens (including phenoxy) is 1. The summed E-state index contributed by atoms with van der Waals surface area (Å²) in [6.45, 7) is 0. The normalized spacial score (nSPS) is 30.4. The third kappa shape index (κ3) is 2.33. The van der Waals surface area contributed by atoms with Crippen LogP contribution in [0.15, 0.2) is 36.4 Å². The number of anilines is 1. The van der Waals surface area contributed by atoms with Crippen LogP contribution in [0.4, 0.5) is 5.69 Å². The Morgan fingerprint density at radius 1 is 1.10 bits per heavy atom. The molecule has 2 aliphatic rings. The maximum Gasteiger partial charge on any atom is 0.310 e. The second-order valence-electron chi connectivity index (χ2n) is 4.84. The summed E-state index contributed by atoms with van der Waals surface area (Å²) in [5.41, 5.74) is 0.659. The predicted molar refractivity (Wildman–Crippen MR) is 80.2 cm³/mol. The number of nitrogens with one attached hydrogen (secondary N) is 1. The van der Waals surface area contributed by atoms with Crippen molar-refractivity contribution in [2.24, 2.45) is 11.8 Å². The molecule has 1 aromatic rings. The molecular formula is C14H12INO4. The standard InChI is InChI=1S/C14H12INO4/c15-7-1-3-8(4-2-7)16-13(17)11-9-5-6-10(20-9)12(11)14(18)19/h1-6,9-12H,(H,16,17)(H,18,19). The van der Waals surface area contributed by atoms with Crippen molar-refractivity contribution in [3.05, 3.63) is 40.0 Å². The molecule has 20 heavy (non-hydrogen) atoms. The van der Waals surface area contributed by atoms with Gasteiger partial charge in [0.15, 0.2) is 0 Å². The summed E-state index contributed by atoms with van der Waals surface area (Å²) < 4.78 is 6.55. The molecule has 2 heterocycles. The fraction of sp³-hybridized carbons (Fsp3) is 0.286. The highest BCUT2D eigenvalue weighted by Gasteiger charge is 2.53. The van der Waals surface area contributed by atoms with Gasteiger partial charge < -0.3 is 15.2 Å². The summed E-state index contributed by atoms with van der Waals surface area (Å²) in [5, 5.41) is 12.0. The van der Waals surface area contributed by atoms with Gasteiger partial charge in [-0.25, -0.2) is 0 Å². The molecule has 2 aliphatic heterocycles. The van der Waals surface area contributed by atoms with Gasteiger partial charge in [-0.1, -0.05) is 12.2 Å². The molecule has 0 spiro atoms. The second kappa shape index (κ2) is 5.17. The van der Waals surface area contributed by atoms with Gasteiger partial charge in [0.25, 0.3) is 0 Å². The van der Waals surface area contributed by atoms with E-state index in [4.69, 9.17) is 4.74 Å². The van der Waals surface area contributed by atoms with Crippen LogP contribution < -0.4 is 5.32 Å². The molecule has 0 saturated carbocycles. The van der Waals surface area contributed by atoms with E-state index in [0.717, 1.165) is 3.57 Å². The highest BCUT2D eigenvalue weighted by atomic mass is 127. The van der Waals surface area contributed by atoms with E-state index in [1.807, 2.05) is 12.1 Å². The Labute approximate surface area is 129 Å². The van der Waals surface area contributed by atoms with Crippen molar-refractivity contribution >= 4 is 40.2 Å². The Balaban J connectivity index is 1.78. The third-order valence-electron chi connectivity index (χ3n) is 3.60. The van der Waals surface area contributed by atoms with E-state index in [0.29, 0.717) is 5.69 Å². The molecule has 1 fully saturated rings. The molecule has 1 amide bonds. The summed E-state index contributed by atoms with van der Waals surface area (Å²) in [5.74, 6) is -2.80. The lowest BCUT2D eigenvalue weighted by atomic mass is 9.82. The lowest BCUT2D eigenvalue weighted by Gasteiger charge is -2.20. The van der Waals surface area contributed by atoms with E-state index in [2.05, 4.69) is 27.9 Å². The van der Waals surface area contributed by atoms with Gasteiger partial charge in [0.05, 0.1) is 18.1 Å². The number of rotatable bonds is 3. The average Bonchev–Trinajstić information content (AvgIpc) is 3.01. The second-order valence-corrected chi connectivity index (χ2v) is 6.08. The van der Waals surface area contributed by atoms with E-state index < -0.39 is 30.0 Å². The van der Waals surface area contributed by atoms with E-state index in [1.165, 1.54) is 0 Å². The Kier molecular flexibility index (Phi) is 3.51. The molecule has 3 rings (SSSR count). The monoisotopic (exact) mass is 385 g/mol. The number of carboxylic acid groups (broad SMARTS) is 1. The van der Waals surface area contributed by atoms with Gasteiger partial charge >= 0.3 is 5.97 Å². The SMILES string of the molecule is O=C(O)C1C2C=CC(O2)C1C(=O)Nc1ccc(I)cc1. The molecule has 0 aliphatic carbocycles. The summed E-state index contributed by atoms with van der Waals surface area (Å²) in [7, 11) is 0. The minimum Gasteiger partial charge on any atom is -0.481 e. The maximum atomic E-state index is 12.3. The highest BCUT2D eigenvalue weighted by Crippen LogP contribution is 2.39. The first-order valence-corrected chi connectivity index (χ1v) is 7.27. The summed E-state index contributed by atoms with van der Waals surface area (Å²) >= 11 is 2.18. The maximum absolute atomic E-state index is 12.3. The number of carbonyl (C=O) groups is 2. The molecule has 104 valence electrons. The number of carbonyl (C=O) groups excluding carboxylic acids is 1. The fourth-order valence-electron chi connectivity index (χ4n) is 2.67. The number of fused-ring (bicyclic) bond motifs is 2. The van der Waals surface area contributed by atoms with Gasteiger partial charge in [-0.05, 0) is 46.9 Å². The average molecular weight is 385 g/mol. The molecule has 1 aromatic carbocycles. The van der Waals surface area contributed by atoms with E-state index in [9.17, 15) is 14.7 Å². The number of benzene rings is 1. The number of aliphatic carboxylic acids is 1. The first-order valence-electron chi connectivity index (χ1n) is 6.19. The van der Waals surface area contributed by atoms with Crippen molar-refractivity contribution in [3.63, 3.8) is 0 Å². The molecule has 6 heteroatoms. The lowest BCUT2D eigenvalue weighted by molar-refractivity contribution is -0.145. The summed E-state index contributed by atoms with van der Waals surface area (Å²) in [4.78, 5) is 23.6. The van der Waals surface area contributed by atoms with Gasteiger partial charge in [0, 0.05) is 9.26 Å². The van der Waals surface area contributed by atoms with Crippen LogP contribution in [-0.2, 0) is 14.3 Å². The quantitative estimate of drug-likeness (QED) is 0.616. The zero-order valence-corrected chi connectivity index (χ0v) is 12.5. The van der Waals surface area contributed by atoms with Crippen molar-refractivity contribution in [1.82, 2.24) is 0 Å². The molecular weight excluding hydrogens is 373 g/mol. The van der Waals surface area contributed by atoms with Crippen molar-refractivity contribution in [1.29, 1.82) is 0 Å². The molecule has 0 aromatic heterocycles. The number of carboxylic acids is 1. The van der Waals surface area contributed by atoms with Gasteiger partial charge in [0.2, 0.25) is 5.91 Å². The van der Waals surface area contributed by atoms with E-state index in [-0.39, 0.29) is 5.91 Å². The van der Waals surface area contributed by atoms with Gasteiger partial charge in [0.1, 0.15) is 5.92 Å². The van der Waals surface area contributed by atoms with Crippen LogP contribution in [0, 0.1) is 15.4 Å². The van der Waals surface area contributed by atoms with Crippen LogP contribution in [0.25, 0.3) is 0 Å². The van der Waals surface area contributed by atoms with Crippen LogP contribution >= 0.6 is 22.6 Å².